The standard InChI is InChI=1S/C27H31N5O3S/c1-16(22-9-10-23(36-22)20-8-6-5-7-18(20)14-28-3)29-26-21-13-24(35-19-11-12-34-15-19)32(4)27(33)25(21)30-17(2)31-26/h5-10,13,16,19,28H,11-12,14-15H2,1-4H3,(H,29,30,31)/t16-,19+/m1/s1. The molecule has 1 aromatic carbocycles. The van der Waals surface area contributed by atoms with Crippen molar-refractivity contribution >= 4 is 28.1 Å². The number of fused-ring (bicyclic) bond motifs is 1. The second-order valence-electron chi connectivity index (χ2n) is 9.09. The number of hydrogen-bond acceptors (Lipinski definition) is 8. The molecule has 3 aromatic heterocycles. The Hall–Kier alpha value is -3.27. The maximum atomic E-state index is 13.2. The lowest BCUT2D eigenvalue weighted by molar-refractivity contribution is 0.135. The summed E-state index contributed by atoms with van der Waals surface area (Å²) in [4.78, 5) is 24.7. The third kappa shape index (κ3) is 4.86. The summed E-state index contributed by atoms with van der Waals surface area (Å²) in [6.07, 6.45) is 0.738. The van der Waals surface area contributed by atoms with E-state index in [-0.39, 0.29) is 17.7 Å². The maximum Gasteiger partial charge on any atom is 0.279 e. The predicted octanol–water partition coefficient (Wildman–Crippen LogP) is 4.43. The Kier molecular flexibility index (Phi) is 7.04. The average molecular weight is 506 g/mol. The molecule has 36 heavy (non-hydrogen) atoms. The minimum Gasteiger partial charge on any atom is -0.473 e. The van der Waals surface area contributed by atoms with E-state index in [1.54, 1.807) is 25.3 Å². The van der Waals surface area contributed by atoms with Crippen LogP contribution in [0.3, 0.4) is 0 Å². The Morgan fingerprint density at radius 3 is 2.86 bits per heavy atom. The van der Waals surface area contributed by atoms with Gasteiger partial charge >= 0.3 is 0 Å². The van der Waals surface area contributed by atoms with Gasteiger partial charge in [0.15, 0.2) is 5.88 Å². The van der Waals surface area contributed by atoms with Gasteiger partial charge < -0.3 is 20.1 Å². The Bertz CT molecular complexity index is 1440. The van der Waals surface area contributed by atoms with Gasteiger partial charge in [-0.2, -0.15) is 0 Å². The van der Waals surface area contributed by atoms with E-state index in [4.69, 9.17) is 9.47 Å². The Balaban J connectivity index is 1.47. The van der Waals surface area contributed by atoms with Crippen LogP contribution in [0.15, 0.2) is 47.3 Å². The summed E-state index contributed by atoms with van der Waals surface area (Å²) >= 11 is 1.75. The molecule has 8 nitrogen and oxygen atoms in total. The van der Waals surface area contributed by atoms with Crippen LogP contribution < -0.4 is 20.9 Å². The second-order valence-corrected chi connectivity index (χ2v) is 10.2. The van der Waals surface area contributed by atoms with Gasteiger partial charge in [-0.15, -0.1) is 11.3 Å². The minimum absolute atomic E-state index is 0.0191. The molecule has 2 N–H and O–H groups in total. The molecule has 0 amide bonds. The number of hydrogen-bond donors (Lipinski definition) is 2. The number of rotatable bonds is 8. The van der Waals surface area contributed by atoms with E-state index in [1.165, 1.54) is 25.4 Å². The summed E-state index contributed by atoms with van der Waals surface area (Å²) in [5.74, 6) is 1.66. The summed E-state index contributed by atoms with van der Waals surface area (Å²) in [6.45, 7) is 5.91. The van der Waals surface area contributed by atoms with E-state index in [9.17, 15) is 4.79 Å². The number of nitrogens with one attached hydrogen (secondary N) is 2. The van der Waals surface area contributed by atoms with Gasteiger partial charge in [0.1, 0.15) is 23.3 Å². The van der Waals surface area contributed by atoms with Gasteiger partial charge in [0.2, 0.25) is 0 Å². The largest absolute Gasteiger partial charge is 0.473 e. The smallest absolute Gasteiger partial charge is 0.279 e. The first-order chi connectivity index (χ1) is 17.4. The van der Waals surface area contributed by atoms with E-state index in [1.807, 2.05) is 13.1 Å². The highest BCUT2D eigenvalue weighted by molar-refractivity contribution is 7.15. The third-order valence-electron chi connectivity index (χ3n) is 6.40. The molecule has 0 unspecified atom stereocenters. The molecule has 0 saturated carbocycles. The van der Waals surface area contributed by atoms with Crippen molar-refractivity contribution in [2.45, 2.75) is 39.0 Å². The molecule has 0 bridgehead atoms. The first-order valence-corrected chi connectivity index (χ1v) is 13.0. The fourth-order valence-corrected chi connectivity index (χ4v) is 5.54. The van der Waals surface area contributed by atoms with Gasteiger partial charge in [0.05, 0.1) is 24.6 Å². The second kappa shape index (κ2) is 10.4. The first kappa shape index (κ1) is 24.4. The van der Waals surface area contributed by atoms with Crippen LogP contribution in [0.2, 0.25) is 0 Å². The summed E-state index contributed by atoms with van der Waals surface area (Å²) in [5.41, 5.74) is 2.67. The van der Waals surface area contributed by atoms with Crippen LogP contribution in [0, 0.1) is 6.92 Å². The highest BCUT2D eigenvalue weighted by Gasteiger charge is 2.21. The van der Waals surface area contributed by atoms with Crippen molar-refractivity contribution in [3.05, 3.63) is 69.1 Å². The quantitative estimate of drug-likeness (QED) is 0.366. The van der Waals surface area contributed by atoms with Gasteiger partial charge in [0.25, 0.3) is 5.56 Å². The fourth-order valence-electron chi connectivity index (χ4n) is 4.47. The molecule has 0 spiro atoms. The van der Waals surface area contributed by atoms with E-state index in [2.05, 4.69) is 63.9 Å². The zero-order valence-electron chi connectivity index (χ0n) is 21.0. The zero-order chi connectivity index (χ0) is 25.2. The number of thiophene rings is 1. The summed E-state index contributed by atoms with van der Waals surface area (Å²) in [7, 11) is 3.67. The molecule has 1 aliphatic heterocycles. The molecule has 1 saturated heterocycles. The van der Waals surface area contributed by atoms with Gasteiger partial charge in [-0.1, -0.05) is 24.3 Å². The van der Waals surface area contributed by atoms with Gasteiger partial charge in [0, 0.05) is 35.8 Å². The number of aryl methyl sites for hydroxylation is 1. The van der Waals surface area contributed by atoms with E-state index >= 15 is 0 Å². The van der Waals surface area contributed by atoms with Crippen molar-refractivity contribution in [2.24, 2.45) is 7.05 Å². The van der Waals surface area contributed by atoms with Crippen molar-refractivity contribution < 1.29 is 9.47 Å². The average Bonchev–Trinajstić information content (AvgIpc) is 3.56. The van der Waals surface area contributed by atoms with Crippen LogP contribution in [0.25, 0.3) is 21.3 Å². The van der Waals surface area contributed by atoms with E-state index in [0.29, 0.717) is 41.6 Å². The molecule has 4 heterocycles. The van der Waals surface area contributed by atoms with Crippen molar-refractivity contribution in [1.82, 2.24) is 19.9 Å². The minimum atomic E-state index is -0.206. The number of nitrogens with zero attached hydrogens (tertiary/aromatic N) is 3. The van der Waals surface area contributed by atoms with Crippen molar-refractivity contribution in [1.29, 1.82) is 0 Å². The molecule has 188 valence electrons. The molecular weight excluding hydrogens is 474 g/mol. The number of pyridine rings is 1. The van der Waals surface area contributed by atoms with Crippen LogP contribution in [0.1, 0.15) is 35.7 Å². The van der Waals surface area contributed by atoms with Crippen molar-refractivity contribution in [3.8, 4) is 16.3 Å². The maximum absolute atomic E-state index is 13.2. The molecule has 1 aliphatic rings. The summed E-state index contributed by atoms with van der Waals surface area (Å²) in [5, 5.41) is 7.43. The van der Waals surface area contributed by atoms with E-state index in [0.717, 1.165) is 13.0 Å². The Morgan fingerprint density at radius 2 is 2.08 bits per heavy atom. The Labute approximate surface area is 214 Å². The number of benzene rings is 1. The van der Waals surface area contributed by atoms with Crippen LogP contribution in [-0.4, -0.2) is 40.9 Å². The highest BCUT2D eigenvalue weighted by Crippen LogP contribution is 2.35. The predicted molar refractivity (Wildman–Crippen MR) is 144 cm³/mol. The van der Waals surface area contributed by atoms with Crippen LogP contribution in [-0.2, 0) is 18.3 Å². The number of ether oxygens (including phenoxy) is 2. The highest BCUT2D eigenvalue weighted by atomic mass is 32.1. The monoisotopic (exact) mass is 505 g/mol. The number of anilines is 1. The molecule has 1 fully saturated rings. The van der Waals surface area contributed by atoms with Crippen molar-refractivity contribution in [3.63, 3.8) is 0 Å². The molecule has 0 aliphatic carbocycles. The molecular formula is C27H31N5O3S. The lowest BCUT2D eigenvalue weighted by Crippen LogP contribution is -2.25. The Morgan fingerprint density at radius 1 is 1.25 bits per heavy atom. The van der Waals surface area contributed by atoms with E-state index < -0.39 is 0 Å². The fraction of sp³-hybridized carbons (Fsp3) is 0.370. The topological polar surface area (TPSA) is 90.3 Å². The lowest BCUT2D eigenvalue weighted by Gasteiger charge is -2.18. The molecule has 4 aromatic rings. The summed E-state index contributed by atoms with van der Waals surface area (Å²) in [6, 6.07) is 14.6. The third-order valence-corrected chi connectivity index (χ3v) is 7.70. The normalized spacial score (nSPS) is 16.4. The van der Waals surface area contributed by atoms with Crippen LogP contribution >= 0.6 is 11.3 Å². The van der Waals surface area contributed by atoms with Crippen LogP contribution in [0.5, 0.6) is 5.88 Å². The number of aromatic nitrogens is 3. The molecule has 5 rings (SSSR count). The SMILES string of the molecule is CNCc1ccccc1-c1ccc([C@@H](C)Nc2nc(C)nc3c(=O)n(C)c(O[C@H]4CCOC4)cc23)s1. The van der Waals surface area contributed by atoms with Gasteiger partial charge in [-0.3, -0.25) is 9.36 Å². The molecule has 0 radical (unpaired) electrons. The van der Waals surface area contributed by atoms with Gasteiger partial charge in [-0.05, 0) is 44.2 Å². The van der Waals surface area contributed by atoms with Crippen LogP contribution in [0.4, 0.5) is 5.82 Å². The first-order valence-electron chi connectivity index (χ1n) is 12.2. The summed E-state index contributed by atoms with van der Waals surface area (Å²) < 4.78 is 13.0. The molecule has 2 atom stereocenters. The van der Waals surface area contributed by atoms with Gasteiger partial charge in [-0.25, -0.2) is 9.97 Å². The van der Waals surface area contributed by atoms with Crippen molar-refractivity contribution in [2.75, 3.05) is 25.6 Å². The molecule has 9 heteroatoms. The lowest BCUT2D eigenvalue weighted by atomic mass is 10.1. The zero-order valence-corrected chi connectivity index (χ0v) is 21.8.